The lowest BCUT2D eigenvalue weighted by Gasteiger charge is -2.11. The van der Waals surface area contributed by atoms with Crippen LogP contribution in [0.15, 0.2) is 54.6 Å². The summed E-state index contributed by atoms with van der Waals surface area (Å²) in [5.41, 5.74) is 3.74. The van der Waals surface area contributed by atoms with Crippen LogP contribution in [-0.4, -0.2) is 15.7 Å². The van der Waals surface area contributed by atoms with Crippen LogP contribution in [0, 0.1) is 6.92 Å². The topological polar surface area (TPSA) is 46.9 Å². The molecule has 0 spiro atoms. The number of aryl methyl sites for hydroxylation is 2. The molecule has 0 aliphatic rings. The lowest BCUT2D eigenvalue weighted by atomic mass is 10.0. The van der Waals surface area contributed by atoms with Gasteiger partial charge in [-0.25, -0.2) is 0 Å². The number of nitrogens with zero attached hydrogens (tertiary/aromatic N) is 2. The summed E-state index contributed by atoms with van der Waals surface area (Å²) < 4.78 is 1.49. The van der Waals surface area contributed by atoms with E-state index in [2.05, 4.69) is 10.4 Å². The Morgan fingerprint density at radius 2 is 1.74 bits per heavy atom. The third-order valence-corrected chi connectivity index (χ3v) is 4.07. The molecular formula is C18H16ClN3O. The number of para-hydroxylation sites is 1. The smallest absolute Gasteiger partial charge is 0.260 e. The molecule has 3 rings (SSSR count). The molecule has 3 aromatic rings. The Labute approximate surface area is 139 Å². The second-order valence-electron chi connectivity index (χ2n) is 5.24. The first-order chi connectivity index (χ1) is 11.1. The molecule has 1 aromatic heterocycles. The van der Waals surface area contributed by atoms with Crippen molar-refractivity contribution in [3.8, 4) is 11.1 Å². The molecule has 0 fully saturated rings. The van der Waals surface area contributed by atoms with Crippen molar-refractivity contribution in [1.82, 2.24) is 9.78 Å². The number of carbonyl (C=O) groups is 1. The minimum Gasteiger partial charge on any atom is -0.321 e. The predicted octanol–water partition coefficient (Wildman–Crippen LogP) is 4.30. The van der Waals surface area contributed by atoms with Gasteiger partial charge in [-0.05, 0) is 18.6 Å². The first kappa shape index (κ1) is 15.3. The summed E-state index contributed by atoms with van der Waals surface area (Å²) in [5, 5.41) is 7.45. The fraction of sp³-hybridized carbons (Fsp3) is 0.111. The molecular weight excluding hydrogens is 310 g/mol. The molecule has 1 amide bonds. The number of benzene rings is 2. The maximum absolute atomic E-state index is 12.6. The highest BCUT2D eigenvalue weighted by Gasteiger charge is 2.19. The van der Waals surface area contributed by atoms with Crippen molar-refractivity contribution >= 4 is 23.2 Å². The summed E-state index contributed by atoms with van der Waals surface area (Å²) in [6, 6.07) is 17.6. The average molecular weight is 326 g/mol. The maximum Gasteiger partial charge on any atom is 0.260 e. The summed E-state index contributed by atoms with van der Waals surface area (Å²) in [4.78, 5) is 12.6. The van der Waals surface area contributed by atoms with E-state index < -0.39 is 0 Å². The lowest BCUT2D eigenvalue weighted by Crippen LogP contribution is -2.13. The molecule has 0 radical (unpaired) electrons. The summed E-state index contributed by atoms with van der Waals surface area (Å²) in [5.74, 6) is -0.260. The van der Waals surface area contributed by atoms with Gasteiger partial charge in [0.2, 0.25) is 0 Å². The molecule has 0 aliphatic heterocycles. The van der Waals surface area contributed by atoms with Gasteiger partial charge in [-0.15, -0.1) is 0 Å². The normalized spacial score (nSPS) is 10.6. The van der Waals surface area contributed by atoms with Crippen molar-refractivity contribution in [3.63, 3.8) is 0 Å². The van der Waals surface area contributed by atoms with Crippen molar-refractivity contribution in [2.24, 2.45) is 7.05 Å². The molecule has 23 heavy (non-hydrogen) atoms. The van der Waals surface area contributed by atoms with E-state index >= 15 is 0 Å². The third-order valence-electron chi connectivity index (χ3n) is 3.64. The van der Waals surface area contributed by atoms with Crippen molar-refractivity contribution in [3.05, 3.63) is 71.0 Å². The molecule has 1 heterocycles. The van der Waals surface area contributed by atoms with Gasteiger partial charge in [0.1, 0.15) is 5.15 Å². The molecule has 0 unspecified atom stereocenters. The van der Waals surface area contributed by atoms with E-state index in [9.17, 15) is 4.79 Å². The Kier molecular flexibility index (Phi) is 4.17. The molecule has 0 aliphatic carbocycles. The Morgan fingerprint density at radius 3 is 2.39 bits per heavy atom. The largest absolute Gasteiger partial charge is 0.321 e. The van der Waals surface area contributed by atoms with Crippen LogP contribution in [0.3, 0.4) is 0 Å². The van der Waals surface area contributed by atoms with Gasteiger partial charge >= 0.3 is 0 Å². The number of amides is 1. The van der Waals surface area contributed by atoms with Gasteiger partial charge in [-0.2, -0.15) is 5.10 Å². The monoisotopic (exact) mass is 325 g/mol. The molecule has 0 atom stereocenters. The van der Waals surface area contributed by atoms with Crippen molar-refractivity contribution < 1.29 is 4.79 Å². The van der Waals surface area contributed by atoms with Crippen LogP contribution in [0.5, 0.6) is 0 Å². The number of halogens is 1. The van der Waals surface area contributed by atoms with Crippen molar-refractivity contribution in [1.29, 1.82) is 0 Å². The van der Waals surface area contributed by atoms with Crippen LogP contribution in [0.4, 0.5) is 5.69 Å². The number of hydrogen-bond donors (Lipinski definition) is 1. The van der Waals surface area contributed by atoms with E-state index in [0.717, 1.165) is 16.8 Å². The second-order valence-corrected chi connectivity index (χ2v) is 5.60. The number of carbonyl (C=O) groups excluding carboxylic acids is 1. The van der Waals surface area contributed by atoms with Gasteiger partial charge in [-0.1, -0.05) is 60.1 Å². The number of anilines is 1. The van der Waals surface area contributed by atoms with Gasteiger partial charge in [0.05, 0.1) is 11.3 Å². The van der Waals surface area contributed by atoms with Crippen LogP contribution < -0.4 is 5.32 Å². The molecule has 4 nitrogen and oxygen atoms in total. The minimum absolute atomic E-state index is 0.260. The van der Waals surface area contributed by atoms with Crippen LogP contribution in [0.25, 0.3) is 11.1 Å². The standard InChI is InChI=1S/C18H16ClN3O/c1-12-16(17(19)22(2)21-12)18(23)20-15-11-7-6-10-14(15)13-8-4-3-5-9-13/h3-11H,1-2H3,(H,20,23). The van der Waals surface area contributed by atoms with E-state index in [0.29, 0.717) is 16.4 Å². The van der Waals surface area contributed by atoms with E-state index in [1.54, 1.807) is 14.0 Å². The zero-order chi connectivity index (χ0) is 16.4. The van der Waals surface area contributed by atoms with Gasteiger partial charge in [0.15, 0.2) is 0 Å². The van der Waals surface area contributed by atoms with Crippen LogP contribution in [0.1, 0.15) is 16.1 Å². The fourth-order valence-corrected chi connectivity index (χ4v) is 2.79. The van der Waals surface area contributed by atoms with E-state index in [1.165, 1.54) is 4.68 Å². The second kappa shape index (κ2) is 6.26. The predicted molar refractivity (Wildman–Crippen MR) is 92.8 cm³/mol. The van der Waals surface area contributed by atoms with Gasteiger partial charge in [0, 0.05) is 18.3 Å². The minimum atomic E-state index is -0.260. The summed E-state index contributed by atoms with van der Waals surface area (Å²) in [7, 11) is 1.71. The lowest BCUT2D eigenvalue weighted by molar-refractivity contribution is 0.102. The maximum atomic E-state index is 12.6. The van der Waals surface area contributed by atoms with E-state index in [4.69, 9.17) is 11.6 Å². The number of nitrogens with one attached hydrogen (secondary N) is 1. The molecule has 0 bridgehead atoms. The Balaban J connectivity index is 1.97. The molecule has 2 aromatic carbocycles. The molecule has 0 saturated heterocycles. The molecule has 5 heteroatoms. The van der Waals surface area contributed by atoms with Crippen LogP contribution >= 0.6 is 11.6 Å². The molecule has 116 valence electrons. The summed E-state index contributed by atoms with van der Waals surface area (Å²) in [6.45, 7) is 1.77. The van der Waals surface area contributed by atoms with E-state index in [1.807, 2.05) is 54.6 Å². The number of hydrogen-bond acceptors (Lipinski definition) is 2. The quantitative estimate of drug-likeness (QED) is 0.780. The Bertz CT molecular complexity index is 856. The van der Waals surface area contributed by atoms with Gasteiger partial charge < -0.3 is 5.32 Å². The van der Waals surface area contributed by atoms with Crippen molar-refractivity contribution in [2.45, 2.75) is 6.92 Å². The molecule has 1 N–H and O–H groups in total. The Hall–Kier alpha value is -2.59. The number of aromatic nitrogens is 2. The Morgan fingerprint density at radius 1 is 1.09 bits per heavy atom. The highest BCUT2D eigenvalue weighted by atomic mass is 35.5. The summed E-state index contributed by atoms with van der Waals surface area (Å²) in [6.07, 6.45) is 0. The zero-order valence-corrected chi connectivity index (χ0v) is 13.6. The van der Waals surface area contributed by atoms with Crippen molar-refractivity contribution in [2.75, 3.05) is 5.32 Å². The first-order valence-electron chi connectivity index (χ1n) is 7.23. The average Bonchev–Trinajstić information content (AvgIpc) is 2.81. The fourth-order valence-electron chi connectivity index (χ4n) is 2.53. The number of rotatable bonds is 3. The molecule has 0 saturated carbocycles. The van der Waals surface area contributed by atoms with Gasteiger partial charge in [0.25, 0.3) is 5.91 Å². The zero-order valence-electron chi connectivity index (χ0n) is 12.9. The highest BCUT2D eigenvalue weighted by molar-refractivity contribution is 6.33. The highest BCUT2D eigenvalue weighted by Crippen LogP contribution is 2.29. The van der Waals surface area contributed by atoms with Gasteiger partial charge in [-0.3, -0.25) is 9.48 Å². The van der Waals surface area contributed by atoms with Crippen LogP contribution in [-0.2, 0) is 7.05 Å². The van der Waals surface area contributed by atoms with Crippen LogP contribution in [0.2, 0.25) is 5.15 Å². The SMILES string of the molecule is Cc1nn(C)c(Cl)c1C(=O)Nc1ccccc1-c1ccccc1. The van der Waals surface area contributed by atoms with E-state index in [-0.39, 0.29) is 5.91 Å². The third kappa shape index (κ3) is 2.98. The first-order valence-corrected chi connectivity index (χ1v) is 7.60. The summed E-state index contributed by atoms with van der Waals surface area (Å²) >= 11 is 6.17.